The molecule has 2 nitrogen and oxygen atoms in total. The van der Waals surface area contributed by atoms with Crippen molar-refractivity contribution in [3.8, 4) is 5.75 Å². The third-order valence-electron chi connectivity index (χ3n) is 4.07. The van der Waals surface area contributed by atoms with Gasteiger partial charge in [0.1, 0.15) is 5.75 Å². The Morgan fingerprint density at radius 3 is 2.76 bits per heavy atom. The number of ether oxygens (including phenoxy) is 1. The molecule has 0 amide bonds. The van der Waals surface area contributed by atoms with E-state index in [2.05, 4.69) is 42.2 Å². The lowest BCUT2D eigenvalue weighted by Crippen LogP contribution is -2.24. The van der Waals surface area contributed by atoms with Crippen LogP contribution < -0.4 is 10.1 Å². The molecule has 1 aliphatic rings. The second kappa shape index (κ2) is 9.37. The summed E-state index contributed by atoms with van der Waals surface area (Å²) >= 11 is 2.16. The third kappa shape index (κ3) is 5.55. The van der Waals surface area contributed by atoms with Gasteiger partial charge < -0.3 is 10.1 Å². The van der Waals surface area contributed by atoms with Crippen molar-refractivity contribution in [1.29, 1.82) is 0 Å². The summed E-state index contributed by atoms with van der Waals surface area (Å²) in [6, 6.07) is 9.00. The fourth-order valence-corrected chi connectivity index (χ4v) is 4.41. The fraction of sp³-hybridized carbons (Fsp3) is 0.667. The fourth-order valence-electron chi connectivity index (χ4n) is 2.97. The molecule has 0 aromatic heterocycles. The van der Waals surface area contributed by atoms with Gasteiger partial charge in [0, 0.05) is 17.0 Å². The first kappa shape index (κ1) is 16.7. The normalized spacial score (nSPS) is 17.6. The smallest absolute Gasteiger partial charge is 0.119 e. The number of nitrogens with one attached hydrogen (secondary N) is 1. The highest BCUT2D eigenvalue weighted by molar-refractivity contribution is 7.99. The SMILES string of the molecule is CCNC(CSC1CCCCC1)c1cccc(OCC)c1. The number of hydrogen-bond donors (Lipinski definition) is 1. The highest BCUT2D eigenvalue weighted by Crippen LogP contribution is 2.31. The molecule has 0 aliphatic heterocycles. The monoisotopic (exact) mass is 307 g/mol. The Kier molecular flexibility index (Phi) is 7.45. The van der Waals surface area contributed by atoms with E-state index < -0.39 is 0 Å². The van der Waals surface area contributed by atoms with Crippen molar-refractivity contribution in [3.63, 3.8) is 0 Å². The Hall–Kier alpha value is -0.670. The van der Waals surface area contributed by atoms with E-state index in [0.29, 0.717) is 6.04 Å². The number of thioether (sulfide) groups is 1. The summed E-state index contributed by atoms with van der Waals surface area (Å²) in [5.74, 6) is 2.15. The average molecular weight is 308 g/mol. The van der Waals surface area contributed by atoms with Gasteiger partial charge in [0.05, 0.1) is 6.61 Å². The van der Waals surface area contributed by atoms with E-state index in [1.165, 1.54) is 37.7 Å². The molecule has 1 atom stereocenters. The minimum atomic E-state index is 0.433. The molecule has 2 rings (SSSR count). The second-order valence-corrected chi connectivity index (χ2v) is 7.04. The van der Waals surface area contributed by atoms with Crippen molar-refractivity contribution in [2.45, 2.75) is 57.2 Å². The van der Waals surface area contributed by atoms with E-state index in [1.807, 2.05) is 13.0 Å². The van der Waals surface area contributed by atoms with E-state index in [4.69, 9.17) is 4.74 Å². The van der Waals surface area contributed by atoms with Gasteiger partial charge in [-0.25, -0.2) is 0 Å². The molecule has 0 bridgehead atoms. The van der Waals surface area contributed by atoms with Gasteiger partial charge >= 0.3 is 0 Å². The topological polar surface area (TPSA) is 21.3 Å². The van der Waals surface area contributed by atoms with Crippen LogP contribution in [-0.4, -0.2) is 24.2 Å². The molecule has 21 heavy (non-hydrogen) atoms. The molecule has 0 radical (unpaired) electrons. The van der Waals surface area contributed by atoms with Crippen LogP contribution in [0.2, 0.25) is 0 Å². The zero-order valence-electron chi connectivity index (χ0n) is 13.4. The maximum absolute atomic E-state index is 5.63. The molecule has 1 aromatic carbocycles. The molecule has 0 saturated heterocycles. The quantitative estimate of drug-likeness (QED) is 0.745. The minimum absolute atomic E-state index is 0.433. The first-order valence-corrected chi connectivity index (χ1v) is 9.46. The van der Waals surface area contributed by atoms with Crippen LogP contribution in [0, 0.1) is 0 Å². The highest BCUT2D eigenvalue weighted by atomic mass is 32.2. The summed E-state index contributed by atoms with van der Waals surface area (Å²) in [7, 11) is 0. The summed E-state index contributed by atoms with van der Waals surface area (Å²) in [6.45, 7) is 5.96. The van der Waals surface area contributed by atoms with E-state index in [9.17, 15) is 0 Å². The first-order valence-electron chi connectivity index (χ1n) is 8.41. The van der Waals surface area contributed by atoms with Gasteiger partial charge in [0.2, 0.25) is 0 Å². The molecule has 0 heterocycles. The lowest BCUT2D eigenvalue weighted by Gasteiger charge is -2.25. The van der Waals surface area contributed by atoms with Crippen LogP contribution in [0.5, 0.6) is 5.75 Å². The Bertz CT molecular complexity index is 404. The van der Waals surface area contributed by atoms with Crippen LogP contribution in [0.1, 0.15) is 57.6 Å². The number of rotatable bonds is 8. The lowest BCUT2D eigenvalue weighted by molar-refractivity contribution is 0.339. The molecule has 1 saturated carbocycles. The maximum atomic E-state index is 5.63. The van der Waals surface area contributed by atoms with Crippen LogP contribution >= 0.6 is 11.8 Å². The van der Waals surface area contributed by atoms with Crippen molar-refractivity contribution < 1.29 is 4.74 Å². The minimum Gasteiger partial charge on any atom is -0.494 e. The standard InChI is InChI=1S/C18H29NOS/c1-3-19-18(14-21-17-11-6-5-7-12-17)15-9-8-10-16(13-15)20-4-2/h8-10,13,17-19H,3-7,11-12,14H2,1-2H3. The molecule has 3 heteroatoms. The summed E-state index contributed by atoms with van der Waals surface area (Å²) in [6.07, 6.45) is 7.09. The Morgan fingerprint density at radius 2 is 2.05 bits per heavy atom. The number of benzene rings is 1. The molecule has 1 aliphatic carbocycles. The van der Waals surface area contributed by atoms with Crippen molar-refractivity contribution in [3.05, 3.63) is 29.8 Å². The maximum Gasteiger partial charge on any atom is 0.119 e. The number of hydrogen-bond acceptors (Lipinski definition) is 3. The Morgan fingerprint density at radius 1 is 1.24 bits per heavy atom. The Labute approximate surface area is 134 Å². The van der Waals surface area contributed by atoms with E-state index >= 15 is 0 Å². The van der Waals surface area contributed by atoms with E-state index in [-0.39, 0.29) is 0 Å². The van der Waals surface area contributed by atoms with Crippen LogP contribution in [0.25, 0.3) is 0 Å². The largest absolute Gasteiger partial charge is 0.494 e. The second-order valence-electron chi connectivity index (χ2n) is 5.71. The van der Waals surface area contributed by atoms with Crippen molar-refractivity contribution >= 4 is 11.8 Å². The zero-order chi connectivity index (χ0) is 14.9. The van der Waals surface area contributed by atoms with Gasteiger partial charge in [-0.2, -0.15) is 11.8 Å². The van der Waals surface area contributed by atoms with Gasteiger partial charge in [-0.05, 0) is 44.0 Å². The summed E-state index contributed by atoms with van der Waals surface area (Å²) < 4.78 is 5.63. The molecular weight excluding hydrogens is 278 g/mol. The van der Waals surface area contributed by atoms with Crippen LogP contribution in [0.15, 0.2) is 24.3 Å². The van der Waals surface area contributed by atoms with Gasteiger partial charge in [0.15, 0.2) is 0 Å². The van der Waals surface area contributed by atoms with Gasteiger partial charge in [0.25, 0.3) is 0 Å². The molecule has 1 aromatic rings. The van der Waals surface area contributed by atoms with Gasteiger partial charge in [-0.1, -0.05) is 38.3 Å². The Balaban J connectivity index is 1.94. The van der Waals surface area contributed by atoms with Crippen LogP contribution in [0.4, 0.5) is 0 Å². The van der Waals surface area contributed by atoms with E-state index in [1.54, 1.807) is 0 Å². The van der Waals surface area contributed by atoms with Gasteiger partial charge in [-0.15, -0.1) is 0 Å². The van der Waals surface area contributed by atoms with Crippen molar-refractivity contribution in [2.24, 2.45) is 0 Å². The highest BCUT2D eigenvalue weighted by Gasteiger charge is 2.17. The third-order valence-corrected chi connectivity index (χ3v) is 5.54. The molecule has 1 N–H and O–H groups in total. The summed E-state index contributed by atoms with van der Waals surface area (Å²) in [4.78, 5) is 0. The first-order chi connectivity index (χ1) is 10.3. The van der Waals surface area contributed by atoms with Crippen molar-refractivity contribution in [2.75, 3.05) is 18.9 Å². The lowest BCUT2D eigenvalue weighted by atomic mass is 10.0. The van der Waals surface area contributed by atoms with E-state index in [0.717, 1.165) is 29.9 Å². The van der Waals surface area contributed by atoms with Gasteiger partial charge in [-0.3, -0.25) is 0 Å². The average Bonchev–Trinajstić information content (AvgIpc) is 2.53. The summed E-state index contributed by atoms with van der Waals surface area (Å²) in [5, 5.41) is 4.50. The van der Waals surface area contributed by atoms with Crippen LogP contribution in [-0.2, 0) is 0 Å². The predicted octanol–water partition coefficient (Wildman–Crippen LogP) is 4.80. The molecule has 1 unspecified atom stereocenters. The molecule has 118 valence electrons. The molecule has 0 spiro atoms. The molecular formula is C18H29NOS. The zero-order valence-corrected chi connectivity index (χ0v) is 14.3. The summed E-state index contributed by atoms with van der Waals surface area (Å²) in [5.41, 5.74) is 1.35. The predicted molar refractivity (Wildman–Crippen MR) is 93.4 cm³/mol. The molecule has 1 fully saturated rings. The van der Waals surface area contributed by atoms with Crippen LogP contribution in [0.3, 0.4) is 0 Å². The van der Waals surface area contributed by atoms with Crippen molar-refractivity contribution in [1.82, 2.24) is 5.32 Å².